The van der Waals surface area contributed by atoms with Crippen LogP contribution in [0.25, 0.3) is 0 Å². The van der Waals surface area contributed by atoms with E-state index in [1.54, 1.807) is 6.07 Å². The van der Waals surface area contributed by atoms with Gasteiger partial charge in [0, 0.05) is 29.8 Å². The van der Waals surface area contributed by atoms with Crippen molar-refractivity contribution >= 4 is 23.3 Å². The van der Waals surface area contributed by atoms with Crippen molar-refractivity contribution in [2.45, 2.75) is 25.2 Å². The summed E-state index contributed by atoms with van der Waals surface area (Å²) in [4.78, 5) is 37.9. The third-order valence-electron chi connectivity index (χ3n) is 5.22. The average molecular weight is 378 g/mol. The summed E-state index contributed by atoms with van der Waals surface area (Å²) in [5.74, 6) is -2.26. The first-order chi connectivity index (χ1) is 13.5. The molecule has 0 radical (unpaired) electrons. The molecule has 2 aromatic rings. The molecular weight excluding hydrogens is 359 g/mol. The van der Waals surface area contributed by atoms with E-state index in [2.05, 4.69) is 10.6 Å². The van der Waals surface area contributed by atoms with Gasteiger partial charge < -0.3 is 10.6 Å². The first-order valence-corrected chi connectivity index (χ1v) is 9.18. The lowest BCUT2D eigenvalue weighted by Gasteiger charge is -2.33. The molecule has 2 atom stereocenters. The molecule has 0 aromatic heterocycles. The lowest BCUT2D eigenvalue weighted by Crippen LogP contribution is -2.43. The maximum atomic E-state index is 13.4. The van der Waals surface area contributed by atoms with Crippen molar-refractivity contribution in [3.05, 3.63) is 77.2 Å². The van der Waals surface area contributed by atoms with Crippen LogP contribution in [0, 0.1) is 11.7 Å². The van der Waals surface area contributed by atoms with E-state index in [-0.39, 0.29) is 24.0 Å². The number of carbonyl (C=O) groups is 3. The Bertz CT molecular complexity index is 984. The molecular formula is C22H19FN2O3. The number of hydrogen-bond donors (Lipinski definition) is 2. The summed E-state index contributed by atoms with van der Waals surface area (Å²) >= 11 is 0. The van der Waals surface area contributed by atoms with Crippen LogP contribution in [-0.2, 0) is 14.4 Å². The van der Waals surface area contributed by atoms with Crippen molar-refractivity contribution in [1.29, 1.82) is 0 Å². The van der Waals surface area contributed by atoms with Crippen molar-refractivity contribution in [2.24, 2.45) is 5.92 Å². The van der Waals surface area contributed by atoms with E-state index in [1.807, 2.05) is 30.3 Å². The molecule has 0 saturated carbocycles. The van der Waals surface area contributed by atoms with Crippen LogP contribution in [0.2, 0.25) is 0 Å². The van der Waals surface area contributed by atoms with E-state index in [0.29, 0.717) is 29.8 Å². The van der Waals surface area contributed by atoms with Gasteiger partial charge in [0.2, 0.25) is 11.8 Å². The molecule has 0 spiro atoms. The highest BCUT2D eigenvalue weighted by Crippen LogP contribution is 2.39. The second-order valence-electron chi connectivity index (χ2n) is 7.14. The number of benzene rings is 2. The lowest BCUT2D eigenvalue weighted by molar-refractivity contribution is -0.129. The van der Waals surface area contributed by atoms with E-state index in [4.69, 9.17) is 0 Å². The highest BCUT2D eigenvalue weighted by atomic mass is 19.1. The van der Waals surface area contributed by atoms with Crippen LogP contribution in [-0.4, -0.2) is 17.6 Å². The molecule has 1 aliphatic carbocycles. The number of nitrogens with one attached hydrogen (secondary N) is 2. The van der Waals surface area contributed by atoms with Gasteiger partial charge in [0.15, 0.2) is 5.78 Å². The minimum Gasteiger partial charge on any atom is -0.329 e. The maximum Gasteiger partial charge on any atom is 0.232 e. The number of rotatable bonds is 3. The highest BCUT2D eigenvalue weighted by molar-refractivity contribution is 6.09. The van der Waals surface area contributed by atoms with E-state index < -0.39 is 17.6 Å². The Morgan fingerprint density at radius 1 is 1.00 bits per heavy atom. The fourth-order valence-electron chi connectivity index (χ4n) is 3.94. The average Bonchev–Trinajstić information content (AvgIpc) is 2.67. The highest BCUT2D eigenvalue weighted by Gasteiger charge is 2.40. The topological polar surface area (TPSA) is 75.3 Å². The molecule has 0 fully saturated rings. The van der Waals surface area contributed by atoms with E-state index in [1.165, 1.54) is 18.2 Å². The van der Waals surface area contributed by atoms with Gasteiger partial charge in [0.25, 0.3) is 0 Å². The van der Waals surface area contributed by atoms with Crippen molar-refractivity contribution in [1.82, 2.24) is 5.32 Å². The van der Waals surface area contributed by atoms with E-state index >= 15 is 0 Å². The zero-order valence-electron chi connectivity index (χ0n) is 15.1. The minimum absolute atomic E-state index is 0.0298. The molecule has 2 N–H and O–H groups in total. The number of hydrogen-bond acceptors (Lipinski definition) is 3. The molecule has 2 amide bonds. The van der Waals surface area contributed by atoms with E-state index in [0.717, 1.165) is 5.56 Å². The number of ketones is 1. The SMILES string of the molecule is O=C1C[C@@H](C(=O)Nc2cccc(F)c2)C2=C(C[C@H](c3ccccc3)CC2=O)N1. The summed E-state index contributed by atoms with van der Waals surface area (Å²) in [6, 6.07) is 15.2. The van der Waals surface area contributed by atoms with Crippen LogP contribution in [0.5, 0.6) is 0 Å². The largest absolute Gasteiger partial charge is 0.329 e. The third kappa shape index (κ3) is 3.58. The first kappa shape index (κ1) is 18.1. The van der Waals surface area contributed by atoms with Crippen molar-refractivity contribution < 1.29 is 18.8 Å². The minimum atomic E-state index is -0.865. The van der Waals surface area contributed by atoms with Gasteiger partial charge in [-0.3, -0.25) is 14.4 Å². The Hall–Kier alpha value is -3.28. The van der Waals surface area contributed by atoms with Crippen LogP contribution in [0.1, 0.15) is 30.7 Å². The van der Waals surface area contributed by atoms with E-state index in [9.17, 15) is 18.8 Å². The van der Waals surface area contributed by atoms with Crippen LogP contribution in [0.15, 0.2) is 65.9 Å². The third-order valence-corrected chi connectivity index (χ3v) is 5.22. The second kappa shape index (κ2) is 7.38. The van der Waals surface area contributed by atoms with Crippen molar-refractivity contribution in [2.75, 3.05) is 5.32 Å². The summed E-state index contributed by atoms with van der Waals surface area (Å²) in [6.45, 7) is 0. The molecule has 2 aliphatic rings. The maximum absolute atomic E-state index is 13.4. The molecule has 1 heterocycles. The Labute approximate surface area is 161 Å². The summed E-state index contributed by atoms with van der Waals surface area (Å²) in [6.07, 6.45) is 0.699. The molecule has 5 nitrogen and oxygen atoms in total. The predicted molar refractivity (Wildman–Crippen MR) is 102 cm³/mol. The lowest BCUT2D eigenvalue weighted by atomic mass is 9.75. The summed E-state index contributed by atoms with van der Waals surface area (Å²) in [5.41, 5.74) is 2.23. The smallest absolute Gasteiger partial charge is 0.232 e. The monoisotopic (exact) mass is 378 g/mol. The first-order valence-electron chi connectivity index (χ1n) is 9.18. The molecule has 2 aromatic carbocycles. The molecule has 6 heteroatoms. The molecule has 142 valence electrons. The zero-order valence-corrected chi connectivity index (χ0v) is 15.1. The van der Waals surface area contributed by atoms with Gasteiger partial charge in [-0.25, -0.2) is 4.39 Å². The molecule has 0 saturated heterocycles. The number of anilines is 1. The second-order valence-corrected chi connectivity index (χ2v) is 7.14. The van der Waals surface area contributed by atoms with Gasteiger partial charge in [0.1, 0.15) is 5.82 Å². The Balaban J connectivity index is 1.61. The van der Waals surface area contributed by atoms with Crippen LogP contribution < -0.4 is 10.6 Å². The van der Waals surface area contributed by atoms with Crippen LogP contribution in [0.4, 0.5) is 10.1 Å². The number of halogens is 1. The molecule has 4 rings (SSSR count). The van der Waals surface area contributed by atoms with Gasteiger partial charge in [-0.05, 0) is 36.1 Å². The molecule has 0 bridgehead atoms. The molecule has 0 unspecified atom stereocenters. The van der Waals surface area contributed by atoms with Gasteiger partial charge in [0.05, 0.1) is 5.92 Å². The standard InChI is InChI=1S/C22H19FN2O3/c23-15-7-4-8-16(11-15)24-22(28)17-12-20(27)25-18-9-14(10-19(26)21(17)18)13-5-2-1-3-6-13/h1-8,11,14,17H,9-10,12H2,(H,24,28)(H,25,27)/t14-,17+/m0/s1. The number of amides is 2. The van der Waals surface area contributed by atoms with Gasteiger partial charge in [-0.15, -0.1) is 0 Å². The van der Waals surface area contributed by atoms with Gasteiger partial charge >= 0.3 is 0 Å². The Morgan fingerprint density at radius 3 is 2.54 bits per heavy atom. The number of carbonyl (C=O) groups excluding carboxylic acids is 3. The Morgan fingerprint density at radius 2 is 1.79 bits per heavy atom. The van der Waals surface area contributed by atoms with Gasteiger partial charge in [-0.1, -0.05) is 36.4 Å². The number of allylic oxidation sites excluding steroid dienone is 1. The summed E-state index contributed by atoms with van der Waals surface area (Å²) in [7, 11) is 0. The molecule has 1 aliphatic heterocycles. The van der Waals surface area contributed by atoms with Crippen LogP contribution >= 0.6 is 0 Å². The predicted octanol–water partition coefficient (Wildman–Crippen LogP) is 3.30. The summed E-state index contributed by atoms with van der Waals surface area (Å²) in [5, 5.41) is 5.41. The van der Waals surface area contributed by atoms with Crippen molar-refractivity contribution in [3.8, 4) is 0 Å². The Kier molecular flexibility index (Phi) is 4.77. The van der Waals surface area contributed by atoms with Gasteiger partial charge in [-0.2, -0.15) is 0 Å². The molecule has 28 heavy (non-hydrogen) atoms. The van der Waals surface area contributed by atoms with Crippen molar-refractivity contribution in [3.63, 3.8) is 0 Å². The zero-order chi connectivity index (χ0) is 19.7. The van der Waals surface area contributed by atoms with Crippen LogP contribution in [0.3, 0.4) is 0 Å². The fourth-order valence-corrected chi connectivity index (χ4v) is 3.94. The number of Topliss-reactive ketones (excluding diaryl/α,β-unsaturated/α-hetero) is 1. The quantitative estimate of drug-likeness (QED) is 0.861. The fraction of sp³-hybridized carbons (Fsp3) is 0.227. The normalized spacial score (nSPS) is 21.8. The summed E-state index contributed by atoms with van der Waals surface area (Å²) < 4.78 is 13.4.